The summed E-state index contributed by atoms with van der Waals surface area (Å²) < 4.78 is 20.3. The second-order valence-electron chi connectivity index (χ2n) is 6.12. The van der Waals surface area contributed by atoms with Gasteiger partial charge in [0.05, 0.1) is 19.3 Å². The number of nitrogens with one attached hydrogen (secondary N) is 1. The molecule has 0 unspecified atom stereocenters. The molecule has 7 heteroatoms. The molecule has 0 radical (unpaired) electrons. The van der Waals surface area contributed by atoms with E-state index in [4.69, 9.17) is 4.74 Å². The molecule has 134 valence electrons. The van der Waals surface area contributed by atoms with Crippen LogP contribution in [0.25, 0.3) is 0 Å². The van der Waals surface area contributed by atoms with Crippen molar-refractivity contribution in [2.24, 2.45) is 0 Å². The number of carbonyl (C=O) groups is 1. The van der Waals surface area contributed by atoms with Crippen LogP contribution in [0.15, 0.2) is 42.7 Å². The summed E-state index contributed by atoms with van der Waals surface area (Å²) in [6.45, 7) is 5.16. The Labute approximate surface area is 146 Å². The zero-order valence-electron chi connectivity index (χ0n) is 14.3. The van der Waals surface area contributed by atoms with Crippen LogP contribution in [0.4, 0.5) is 4.39 Å². The average molecular weight is 346 g/mol. The Morgan fingerprint density at radius 2 is 2.04 bits per heavy atom. The molecule has 1 aliphatic rings. The van der Waals surface area contributed by atoms with Gasteiger partial charge in [-0.1, -0.05) is 12.1 Å². The Balaban J connectivity index is 1.68. The summed E-state index contributed by atoms with van der Waals surface area (Å²) in [7, 11) is 0. The van der Waals surface area contributed by atoms with Gasteiger partial charge in [0.15, 0.2) is 0 Å². The maximum absolute atomic E-state index is 13.3. The van der Waals surface area contributed by atoms with Crippen LogP contribution >= 0.6 is 0 Å². The molecule has 3 rings (SSSR count). The van der Waals surface area contributed by atoms with E-state index in [1.54, 1.807) is 35.3 Å². The predicted molar refractivity (Wildman–Crippen MR) is 91.5 cm³/mol. The molecule has 1 aliphatic heterocycles. The third-order valence-electron chi connectivity index (χ3n) is 4.51. The molecule has 2 heterocycles. The quantitative estimate of drug-likeness (QED) is 0.866. The number of ether oxygens (including phenoxy) is 1. The molecule has 0 aliphatic carbocycles. The zero-order valence-corrected chi connectivity index (χ0v) is 14.3. The van der Waals surface area contributed by atoms with Crippen molar-refractivity contribution >= 4 is 5.91 Å². The van der Waals surface area contributed by atoms with E-state index in [0.717, 1.165) is 18.7 Å². The number of hydrogen-bond donors (Lipinski definition) is 1. The molecule has 1 N–H and O–H groups in total. The first kappa shape index (κ1) is 17.6. The summed E-state index contributed by atoms with van der Waals surface area (Å²) in [5.74, 6) is -0.357. The predicted octanol–water partition coefficient (Wildman–Crippen LogP) is 1.77. The van der Waals surface area contributed by atoms with E-state index >= 15 is 0 Å². The van der Waals surface area contributed by atoms with Gasteiger partial charge < -0.3 is 10.1 Å². The summed E-state index contributed by atoms with van der Waals surface area (Å²) in [5.41, 5.74) is 0.982. The molecule has 0 bridgehead atoms. The molecule has 1 aromatic carbocycles. The summed E-state index contributed by atoms with van der Waals surface area (Å²) in [4.78, 5) is 14.7. The summed E-state index contributed by atoms with van der Waals surface area (Å²) in [5, 5.41) is 7.11. The molecule has 0 spiro atoms. The molecule has 1 aromatic heterocycles. The molecule has 1 saturated heterocycles. The molecule has 25 heavy (non-hydrogen) atoms. The van der Waals surface area contributed by atoms with Crippen molar-refractivity contribution in [2.75, 3.05) is 32.8 Å². The Kier molecular flexibility index (Phi) is 5.78. The fourth-order valence-corrected chi connectivity index (χ4v) is 3.01. The van der Waals surface area contributed by atoms with Crippen LogP contribution in [-0.4, -0.2) is 53.4 Å². The third kappa shape index (κ3) is 4.43. The van der Waals surface area contributed by atoms with Gasteiger partial charge in [-0.2, -0.15) is 5.10 Å². The van der Waals surface area contributed by atoms with Crippen LogP contribution in [0.1, 0.15) is 24.6 Å². The van der Waals surface area contributed by atoms with Crippen LogP contribution < -0.4 is 5.32 Å². The van der Waals surface area contributed by atoms with Gasteiger partial charge in [0.25, 0.3) is 0 Å². The van der Waals surface area contributed by atoms with E-state index in [9.17, 15) is 9.18 Å². The molecule has 6 nitrogen and oxygen atoms in total. The molecular weight excluding hydrogens is 323 g/mol. The number of morpholine rings is 1. The monoisotopic (exact) mass is 346 g/mol. The van der Waals surface area contributed by atoms with Gasteiger partial charge in [0, 0.05) is 32.0 Å². The van der Waals surface area contributed by atoms with Crippen LogP contribution in [0.2, 0.25) is 0 Å². The summed E-state index contributed by atoms with van der Waals surface area (Å²) >= 11 is 0. The van der Waals surface area contributed by atoms with Gasteiger partial charge in [-0.15, -0.1) is 0 Å². The number of hydrogen-bond acceptors (Lipinski definition) is 4. The van der Waals surface area contributed by atoms with Crippen molar-refractivity contribution in [1.82, 2.24) is 20.0 Å². The van der Waals surface area contributed by atoms with E-state index < -0.39 is 0 Å². The van der Waals surface area contributed by atoms with E-state index in [-0.39, 0.29) is 23.8 Å². The van der Waals surface area contributed by atoms with Gasteiger partial charge in [0.1, 0.15) is 11.9 Å². The lowest BCUT2D eigenvalue weighted by Gasteiger charge is -2.35. The second-order valence-corrected chi connectivity index (χ2v) is 6.12. The first-order chi connectivity index (χ1) is 12.1. The van der Waals surface area contributed by atoms with Crippen molar-refractivity contribution < 1.29 is 13.9 Å². The smallest absolute Gasteiger partial charge is 0.244 e. The molecule has 1 amide bonds. The van der Waals surface area contributed by atoms with Gasteiger partial charge in [-0.25, -0.2) is 4.39 Å². The van der Waals surface area contributed by atoms with Crippen molar-refractivity contribution in [3.05, 3.63) is 54.1 Å². The number of nitrogens with zero attached hydrogens (tertiary/aromatic N) is 3. The molecule has 2 atom stereocenters. The first-order valence-corrected chi connectivity index (χ1v) is 8.49. The third-order valence-corrected chi connectivity index (χ3v) is 4.51. The number of halogens is 1. The molecular formula is C18H23FN4O2. The number of rotatable bonds is 6. The minimum Gasteiger partial charge on any atom is -0.379 e. The highest BCUT2D eigenvalue weighted by Gasteiger charge is 2.24. The van der Waals surface area contributed by atoms with Crippen molar-refractivity contribution in [3.8, 4) is 0 Å². The highest BCUT2D eigenvalue weighted by Crippen LogP contribution is 2.22. The number of aromatic nitrogens is 2. The number of amides is 1. The Bertz CT molecular complexity index is 669. The van der Waals surface area contributed by atoms with Crippen LogP contribution in [0, 0.1) is 5.82 Å². The van der Waals surface area contributed by atoms with E-state index in [1.807, 2.05) is 6.92 Å². The normalized spacial score (nSPS) is 17.8. The molecule has 0 saturated carbocycles. The average Bonchev–Trinajstić information content (AvgIpc) is 3.18. The van der Waals surface area contributed by atoms with E-state index in [1.165, 1.54) is 12.1 Å². The highest BCUT2D eigenvalue weighted by molar-refractivity contribution is 5.79. The summed E-state index contributed by atoms with van der Waals surface area (Å²) in [6, 6.07) is 7.86. The van der Waals surface area contributed by atoms with Gasteiger partial charge in [-0.3, -0.25) is 14.4 Å². The minimum absolute atomic E-state index is 0.0155. The van der Waals surface area contributed by atoms with E-state index in [0.29, 0.717) is 19.8 Å². The van der Waals surface area contributed by atoms with Crippen molar-refractivity contribution in [2.45, 2.75) is 19.0 Å². The molecule has 1 fully saturated rings. The van der Waals surface area contributed by atoms with Crippen LogP contribution in [0.5, 0.6) is 0 Å². The van der Waals surface area contributed by atoms with Crippen LogP contribution in [-0.2, 0) is 9.53 Å². The van der Waals surface area contributed by atoms with Crippen molar-refractivity contribution in [1.29, 1.82) is 0 Å². The fraction of sp³-hybridized carbons (Fsp3) is 0.444. The van der Waals surface area contributed by atoms with Gasteiger partial charge in [0.2, 0.25) is 5.91 Å². The minimum atomic E-state index is -0.381. The number of benzene rings is 1. The topological polar surface area (TPSA) is 59.4 Å². The number of carbonyl (C=O) groups excluding carboxylic acids is 1. The highest BCUT2D eigenvalue weighted by atomic mass is 19.1. The van der Waals surface area contributed by atoms with Crippen LogP contribution in [0.3, 0.4) is 0 Å². The van der Waals surface area contributed by atoms with Crippen molar-refractivity contribution in [3.63, 3.8) is 0 Å². The second kappa shape index (κ2) is 8.22. The SMILES string of the molecule is C[C@H](C(=O)NC[C@@H](c1ccc(F)cc1)N1CCOCC1)n1cccn1. The lowest BCUT2D eigenvalue weighted by atomic mass is 10.0. The Hall–Kier alpha value is -2.25. The largest absolute Gasteiger partial charge is 0.379 e. The van der Waals surface area contributed by atoms with E-state index in [2.05, 4.69) is 15.3 Å². The van der Waals surface area contributed by atoms with Gasteiger partial charge >= 0.3 is 0 Å². The Morgan fingerprint density at radius 1 is 1.32 bits per heavy atom. The lowest BCUT2D eigenvalue weighted by molar-refractivity contribution is -0.124. The molecule has 2 aromatic rings. The Morgan fingerprint density at radius 3 is 2.68 bits per heavy atom. The summed E-state index contributed by atoms with van der Waals surface area (Å²) in [6.07, 6.45) is 3.42. The first-order valence-electron chi connectivity index (χ1n) is 8.49. The standard InChI is InChI=1S/C18H23FN4O2/c1-14(23-8-2-7-21-23)18(24)20-13-17(22-9-11-25-12-10-22)15-3-5-16(19)6-4-15/h2-8,14,17H,9-13H2,1H3,(H,20,24)/t14-,17+/m1/s1. The zero-order chi connectivity index (χ0) is 17.6. The maximum Gasteiger partial charge on any atom is 0.244 e. The fourth-order valence-electron chi connectivity index (χ4n) is 3.01. The maximum atomic E-state index is 13.3. The lowest BCUT2D eigenvalue weighted by Crippen LogP contribution is -2.44. The van der Waals surface area contributed by atoms with Gasteiger partial charge in [-0.05, 0) is 30.7 Å².